The summed E-state index contributed by atoms with van der Waals surface area (Å²) in [7, 11) is 2.18. The molecule has 2 N–H and O–H groups in total. The second-order valence-electron chi connectivity index (χ2n) is 10.1. The highest BCUT2D eigenvalue weighted by atomic mass is 16.1. The topological polar surface area (TPSA) is 70.2 Å². The molecule has 3 aliphatic rings. The van der Waals surface area contributed by atoms with Crippen LogP contribution in [0, 0.1) is 0 Å². The van der Waals surface area contributed by atoms with E-state index in [-0.39, 0.29) is 11.3 Å². The van der Waals surface area contributed by atoms with Gasteiger partial charge in [-0.3, -0.25) is 4.79 Å². The van der Waals surface area contributed by atoms with E-state index in [9.17, 15) is 4.79 Å². The number of anilines is 1. The summed E-state index contributed by atoms with van der Waals surface area (Å²) in [6.45, 7) is 7.26. The van der Waals surface area contributed by atoms with Crippen LogP contribution in [0.25, 0.3) is 5.57 Å². The average molecular weight is 432 g/mol. The molecule has 1 saturated heterocycles. The molecule has 2 aliphatic heterocycles. The van der Waals surface area contributed by atoms with Gasteiger partial charge in [0.25, 0.3) is 5.91 Å². The molecule has 0 saturated carbocycles. The summed E-state index contributed by atoms with van der Waals surface area (Å²) in [5.74, 6) is 0.775. The molecule has 168 valence electrons. The molecule has 0 atom stereocenters. The minimum absolute atomic E-state index is 0.0223. The van der Waals surface area contributed by atoms with Crippen molar-refractivity contribution >= 4 is 17.4 Å². The van der Waals surface area contributed by atoms with E-state index in [1.165, 1.54) is 5.57 Å². The molecule has 1 aromatic carbocycles. The van der Waals surface area contributed by atoms with Crippen LogP contribution in [0.5, 0.6) is 0 Å². The van der Waals surface area contributed by atoms with Crippen molar-refractivity contribution in [3.8, 4) is 0 Å². The van der Waals surface area contributed by atoms with Gasteiger partial charge in [-0.15, -0.1) is 0 Å². The number of hydrogen-bond acceptors (Lipinski definition) is 5. The van der Waals surface area contributed by atoms with Crippen molar-refractivity contribution in [2.45, 2.75) is 57.4 Å². The number of carbonyl (C=O) groups is 1. The van der Waals surface area contributed by atoms with Gasteiger partial charge in [0.05, 0.1) is 5.69 Å². The van der Waals surface area contributed by atoms with Gasteiger partial charge in [-0.2, -0.15) is 0 Å². The fourth-order valence-electron chi connectivity index (χ4n) is 5.10. The van der Waals surface area contributed by atoms with Crippen LogP contribution in [-0.2, 0) is 11.8 Å². The van der Waals surface area contributed by atoms with Crippen LogP contribution in [-0.4, -0.2) is 53.5 Å². The van der Waals surface area contributed by atoms with Gasteiger partial charge in [-0.1, -0.05) is 26.0 Å². The number of aryl methyl sites for hydroxylation is 1. The van der Waals surface area contributed by atoms with Crippen LogP contribution in [0.4, 0.5) is 5.95 Å². The molecule has 2 aromatic rings. The first kappa shape index (κ1) is 21.1. The molecule has 32 heavy (non-hydrogen) atoms. The molecule has 1 amide bonds. The van der Waals surface area contributed by atoms with Gasteiger partial charge in [0.15, 0.2) is 0 Å². The van der Waals surface area contributed by atoms with Crippen molar-refractivity contribution in [2.75, 3.05) is 32.0 Å². The Kier molecular flexibility index (Phi) is 5.49. The third-order valence-corrected chi connectivity index (χ3v) is 7.17. The maximum Gasteiger partial charge on any atom is 0.251 e. The van der Waals surface area contributed by atoms with Crippen molar-refractivity contribution in [3.05, 3.63) is 58.4 Å². The summed E-state index contributed by atoms with van der Waals surface area (Å²) < 4.78 is 0. The predicted molar refractivity (Wildman–Crippen MR) is 128 cm³/mol. The zero-order chi connectivity index (χ0) is 22.3. The van der Waals surface area contributed by atoms with E-state index < -0.39 is 0 Å². The Morgan fingerprint density at radius 1 is 1.19 bits per heavy atom. The lowest BCUT2D eigenvalue weighted by Crippen LogP contribution is -2.43. The van der Waals surface area contributed by atoms with E-state index in [4.69, 9.17) is 9.97 Å². The van der Waals surface area contributed by atoms with E-state index in [0.29, 0.717) is 12.6 Å². The van der Waals surface area contributed by atoms with E-state index in [1.807, 2.05) is 12.3 Å². The molecule has 3 heterocycles. The minimum Gasteiger partial charge on any atom is -0.351 e. The molecule has 0 spiro atoms. The molecule has 6 heteroatoms. The van der Waals surface area contributed by atoms with Crippen molar-refractivity contribution in [1.82, 2.24) is 20.2 Å². The fraction of sp³-hybridized carbons (Fsp3) is 0.500. The summed E-state index contributed by atoms with van der Waals surface area (Å²) in [5, 5.41) is 6.58. The maximum absolute atomic E-state index is 12.4. The van der Waals surface area contributed by atoms with Crippen molar-refractivity contribution in [2.24, 2.45) is 0 Å². The van der Waals surface area contributed by atoms with Crippen molar-refractivity contribution < 1.29 is 4.79 Å². The Bertz CT molecular complexity index is 1070. The standard InChI is InChI=1S/C26H33N5O/c1-26(2)16-28-24(32)20-9-8-17(14-22(20)26)19-6-4-5-7-23-21(19)15-27-25(30-23)29-18-10-12-31(3)13-11-18/h6,8-9,14-15,18H,4-5,7,10-13,16H2,1-3H3,(H,28,32)(H,27,29,30). The van der Waals surface area contributed by atoms with Crippen LogP contribution in [0.2, 0.25) is 0 Å². The summed E-state index contributed by atoms with van der Waals surface area (Å²) in [5.41, 5.74) is 6.39. The lowest BCUT2D eigenvalue weighted by molar-refractivity contribution is 0.0930. The van der Waals surface area contributed by atoms with Crippen LogP contribution in [0.1, 0.15) is 72.3 Å². The minimum atomic E-state index is -0.0916. The number of fused-ring (bicyclic) bond motifs is 2. The molecular weight excluding hydrogens is 398 g/mol. The van der Waals surface area contributed by atoms with Gasteiger partial charge < -0.3 is 15.5 Å². The molecule has 0 bridgehead atoms. The summed E-state index contributed by atoms with van der Waals surface area (Å²) in [4.78, 5) is 24.4. The number of piperidine rings is 1. The summed E-state index contributed by atoms with van der Waals surface area (Å²) >= 11 is 0. The first-order valence-corrected chi connectivity index (χ1v) is 11.9. The first-order chi connectivity index (χ1) is 15.4. The fourth-order valence-corrected chi connectivity index (χ4v) is 5.10. The molecule has 0 radical (unpaired) electrons. The van der Waals surface area contributed by atoms with Gasteiger partial charge >= 0.3 is 0 Å². The van der Waals surface area contributed by atoms with Crippen LogP contribution in [0.15, 0.2) is 30.5 Å². The van der Waals surface area contributed by atoms with Crippen LogP contribution in [0.3, 0.4) is 0 Å². The number of allylic oxidation sites excluding steroid dienone is 1. The van der Waals surface area contributed by atoms with Gasteiger partial charge in [0.1, 0.15) is 0 Å². The van der Waals surface area contributed by atoms with E-state index in [1.54, 1.807) is 0 Å². The van der Waals surface area contributed by atoms with Crippen LogP contribution >= 0.6 is 0 Å². The van der Waals surface area contributed by atoms with E-state index in [0.717, 1.165) is 79.1 Å². The lowest BCUT2D eigenvalue weighted by atomic mass is 9.77. The van der Waals surface area contributed by atoms with Gasteiger partial charge in [0.2, 0.25) is 5.95 Å². The third-order valence-electron chi connectivity index (χ3n) is 7.17. The Labute approximate surface area is 190 Å². The number of amides is 1. The largest absolute Gasteiger partial charge is 0.351 e. The zero-order valence-electron chi connectivity index (χ0n) is 19.4. The predicted octanol–water partition coefficient (Wildman–Crippen LogP) is 3.77. The zero-order valence-corrected chi connectivity index (χ0v) is 19.4. The van der Waals surface area contributed by atoms with Crippen molar-refractivity contribution in [3.63, 3.8) is 0 Å². The molecule has 1 aromatic heterocycles. The smallest absolute Gasteiger partial charge is 0.251 e. The number of aromatic nitrogens is 2. The van der Waals surface area contributed by atoms with Crippen LogP contribution < -0.4 is 10.6 Å². The first-order valence-electron chi connectivity index (χ1n) is 11.9. The molecule has 5 rings (SSSR count). The number of nitrogens with one attached hydrogen (secondary N) is 2. The van der Waals surface area contributed by atoms with Gasteiger partial charge in [-0.25, -0.2) is 9.97 Å². The molecule has 6 nitrogen and oxygen atoms in total. The highest BCUT2D eigenvalue weighted by molar-refractivity contribution is 5.98. The summed E-state index contributed by atoms with van der Waals surface area (Å²) in [6.07, 6.45) is 9.62. The second kappa shape index (κ2) is 8.32. The highest BCUT2D eigenvalue weighted by Crippen LogP contribution is 2.35. The maximum atomic E-state index is 12.4. The number of carbonyl (C=O) groups excluding carboxylic acids is 1. The number of nitrogens with zero attached hydrogens (tertiary/aromatic N) is 3. The Morgan fingerprint density at radius 2 is 2.00 bits per heavy atom. The average Bonchev–Trinajstić information content (AvgIpc) is 3.00. The second-order valence-corrected chi connectivity index (χ2v) is 10.1. The van der Waals surface area contributed by atoms with Gasteiger partial charge in [0, 0.05) is 35.3 Å². The monoisotopic (exact) mass is 431 g/mol. The quantitative estimate of drug-likeness (QED) is 0.774. The highest BCUT2D eigenvalue weighted by Gasteiger charge is 2.32. The Balaban J connectivity index is 1.46. The third kappa shape index (κ3) is 4.04. The Hall–Kier alpha value is -2.73. The van der Waals surface area contributed by atoms with Crippen molar-refractivity contribution in [1.29, 1.82) is 0 Å². The molecule has 0 unspecified atom stereocenters. The number of hydrogen-bond donors (Lipinski definition) is 2. The normalized spacial score (nSPS) is 21.1. The molecular formula is C26H33N5O. The van der Waals surface area contributed by atoms with E-state index in [2.05, 4.69) is 54.6 Å². The molecule has 1 aliphatic carbocycles. The number of rotatable bonds is 3. The van der Waals surface area contributed by atoms with Gasteiger partial charge in [-0.05, 0) is 81.1 Å². The number of likely N-dealkylation sites (tertiary alicyclic amines) is 1. The SMILES string of the molecule is CN1CCC(Nc2ncc3c(n2)CCCC=C3c2ccc3c(c2)C(C)(C)CNC3=O)CC1. The molecule has 1 fully saturated rings. The van der Waals surface area contributed by atoms with E-state index >= 15 is 0 Å². The number of benzene rings is 1. The lowest BCUT2D eigenvalue weighted by Gasteiger charge is -2.33. The summed E-state index contributed by atoms with van der Waals surface area (Å²) in [6, 6.07) is 6.70. The Morgan fingerprint density at radius 3 is 2.81 bits per heavy atom.